The van der Waals surface area contributed by atoms with Gasteiger partial charge < -0.3 is 4.74 Å². The van der Waals surface area contributed by atoms with Crippen molar-refractivity contribution in [3.05, 3.63) is 18.0 Å². The van der Waals surface area contributed by atoms with Gasteiger partial charge in [0.25, 0.3) is 0 Å². The number of aryl methyl sites for hydroxylation is 1. The molecule has 1 aliphatic heterocycles. The Morgan fingerprint density at radius 2 is 2.06 bits per heavy atom. The van der Waals surface area contributed by atoms with E-state index in [2.05, 4.69) is 10.00 Å². The molecule has 1 aromatic rings. The third-order valence-electron chi connectivity index (χ3n) is 3.30. The van der Waals surface area contributed by atoms with E-state index in [1.54, 1.807) is 16.9 Å². The minimum absolute atomic E-state index is 0.0694. The second-order valence-electron chi connectivity index (χ2n) is 4.86. The van der Waals surface area contributed by atoms with Gasteiger partial charge in [0.05, 0.1) is 18.8 Å². The topological polar surface area (TPSA) is 47.4 Å². The minimum atomic E-state index is -0.516. The van der Waals surface area contributed by atoms with Crippen LogP contribution in [-0.4, -0.2) is 52.3 Å². The molecular formula is C12H19N3O2. The molecule has 2 rings (SSSR count). The number of nitrogens with zero attached hydrogens (tertiary/aromatic N) is 3. The molecule has 0 saturated carbocycles. The van der Waals surface area contributed by atoms with Crippen LogP contribution in [0.4, 0.5) is 0 Å². The summed E-state index contributed by atoms with van der Waals surface area (Å²) in [6.45, 7) is 6.89. The first-order valence-electron chi connectivity index (χ1n) is 5.89. The number of aromatic nitrogens is 2. The van der Waals surface area contributed by atoms with E-state index in [0.717, 1.165) is 13.1 Å². The molecule has 0 atom stereocenters. The summed E-state index contributed by atoms with van der Waals surface area (Å²) in [6, 6.07) is 1.77. The van der Waals surface area contributed by atoms with Crippen molar-refractivity contribution in [1.82, 2.24) is 14.7 Å². The molecule has 0 unspecified atom stereocenters. The van der Waals surface area contributed by atoms with Crippen molar-refractivity contribution in [2.24, 2.45) is 7.05 Å². The Hall–Kier alpha value is -1.20. The van der Waals surface area contributed by atoms with Gasteiger partial charge in [0.2, 0.25) is 5.78 Å². The molecular weight excluding hydrogens is 218 g/mol. The highest BCUT2D eigenvalue weighted by atomic mass is 16.5. The summed E-state index contributed by atoms with van der Waals surface area (Å²) in [4.78, 5) is 14.6. The number of carbonyl (C=O) groups is 1. The Morgan fingerprint density at radius 3 is 2.59 bits per heavy atom. The van der Waals surface area contributed by atoms with E-state index in [-0.39, 0.29) is 5.78 Å². The molecule has 1 aliphatic rings. The van der Waals surface area contributed by atoms with Gasteiger partial charge in [0.15, 0.2) is 0 Å². The highest BCUT2D eigenvalue weighted by Crippen LogP contribution is 2.20. The normalized spacial score (nSPS) is 18.3. The molecule has 0 bridgehead atoms. The third-order valence-corrected chi connectivity index (χ3v) is 3.30. The third kappa shape index (κ3) is 2.40. The molecule has 5 nitrogen and oxygen atoms in total. The zero-order valence-electron chi connectivity index (χ0n) is 10.6. The zero-order valence-corrected chi connectivity index (χ0v) is 10.6. The van der Waals surface area contributed by atoms with Gasteiger partial charge in [0.1, 0.15) is 5.69 Å². The first kappa shape index (κ1) is 12.3. The molecule has 5 heteroatoms. The average Bonchev–Trinajstić information content (AvgIpc) is 2.76. The molecule has 1 aromatic heterocycles. The van der Waals surface area contributed by atoms with Crippen LogP contribution in [0, 0.1) is 0 Å². The fourth-order valence-electron chi connectivity index (χ4n) is 2.12. The summed E-state index contributed by atoms with van der Waals surface area (Å²) < 4.78 is 6.97. The average molecular weight is 237 g/mol. The highest BCUT2D eigenvalue weighted by molar-refractivity contribution is 6.01. The van der Waals surface area contributed by atoms with Crippen LogP contribution in [0.3, 0.4) is 0 Å². The van der Waals surface area contributed by atoms with Crippen molar-refractivity contribution < 1.29 is 9.53 Å². The van der Waals surface area contributed by atoms with Crippen LogP contribution in [0.1, 0.15) is 24.3 Å². The summed E-state index contributed by atoms with van der Waals surface area (Å²) >= 11 is 0. The zero-order chi connectivity index (χ0) is 12.5. The molecule has 17 heavy (non-hydrogen) atoms. The molecule has 94 valence electrons. The van der Waals surface area contributed by atoms with Crippen LogP contribution in [-0.2, 0) is 11.8 Å². The number of hydrogen-bond donors (Lipinski definition) is 0. The standard InChI is InChI=1S/C12H19N3O2/c1-12(2,15-6-8-17-9-7-15)11(16)10-4-5-14(3)13-10/h4-5H,6-9H2,1-3H3. The smallest absolute Gasteiger partial charge is 0.202 e. The van der Waals surface area contributed by atoms with Gasteiger partial charge in [-0.3, -0.25) is 14.4 Å². The molecule has 1 saturated heterocycles. The molecule has 0 amide bonds. The number of rotatable bonds is 3. The number of Topliss-reactive ketones (excluding diaryl/α,β-unsaturated/α-hetero) is 1. The van der Waals surface area contributed by atoms with Crippen LogP contribution in [0.15, 0.2) is 12.3 Å². The Balaban J connectivity index is 2.16. The molecule has 0 radical (unpaired) electrons. The molecule has 2 heterocycles. The Labute approximate surface area is 101 Å². The van der Waals surface area contributed by atoms with Gasteiger partial charge >= 0.3 is 0 Å². The van der Waals surface area contributed by atoms with Crippen LogP contribution >= 0.6 is 0 Å². The van der Waals surface area contributed by atoms with Crippen molar-refractivity contribution in [3.63, 3.8) is 0 Å². The van der Waals surface area contributed by atoms with Gasteiger partial charge in [-0.1, -0.05) is 0 Å². The predicted molar refractivity (Wildman–Crippen MR) is 64.0 cm³/mol. The van der Waals surface area contributed by atoms with E-state index in [0.29, 0.717) is 18.9 Å². The monoisotopic (exact) mass is 237 g/mol. The van der Waals surface area contributed by atoms with Crippen LogP contribution in [0.25, 0.3) is 0 Å². The lowest BCUT2D eigenvalue weighted by molar-refractivity contribution is -0.00449. The molecule has 1 fully saturated rings. The molecule has 0 aromatic carbocycles. The molecule has 0 aliphatic carbocycles. The van der Waals surface area contributed by atoms with Crippen LogP contribution in [0.5, 0.6) is 0 Å². The number of morpholine rings is 1. The lowest BCUT2D eigenvalue weighted by atomic mass is 9.94. The van der Waals surface area contributed by atoms with Gasteiger partial charge in [-0.05, 0) is 19.9 Å². The minimum Gasteiger partial charge on any atom is -0.379 e. The summed E-state index contributed by atoms with van der Waals surface area (Å²) in [7, 11) is 1.82. The van der Waals surface area contributed by atoms with E-state index >= 15 is 0 Å². The first-order chi connectivity index (χ1) is 8.01. The molecule has 0 spiro atoms. The maximum atomic E-state index is 12.4. The summed E-state index contributed by atoms with van der Waals surface area (Å²) in [6.07, 6.45) is 1.79. The quantitative estimate of drug-likeness (QED) is 0.727. The largest absolute Gasteiger partial charge is 0.379 e. The van der Waals surface area contributed by atoms with Gasteiger partial charge in [-0.15, -0.1) is 0 Å². The van der Waals surface area contributed by atoms with E-state index in [1.165, 1.54) is 0 Å². The SMILES string of the molecule is Cn1ccc(C(=O)C(C)(C)N2CCOCC2)n1. The van der Waals surface area contributed by atoms with Crippen LogP contribution in [0.2, 0.25) is 0 Å². The second kappa shape index (κ2) is 4.58. The predicted octanol–water partition coefficient (Wildman–Crippen LogP) is 0.714. The maximum Gasteiger partial charge on any atom is 0.202 e. The number of ketones is 1. The van der Waals surface area contributed by atoms with Crippen molar-refractivity contribution in [2.45, 2.75) is 19.4 Å². The lowest BCUT2D eigenvalue weighted by Gasteiger charge is -2.39. The van der Waals surface area contributed by atoms with E-state index in [1.807, 2.05) is 20.9 Å². The van der Waals surface area contributed by atoms with E-state index in [4.69, 9.17) is 4.74 Å². The fourth-order valence-corrected chi connectivity index (χ4v) is 2.12. The Kier molecular flexibility index (Phi) is 3.31. The first-order valence-corrected chi connectivity index (χ1v) is 5.89. The van der Waals surface area contributed by atoms with Crippen molar-refractivity contribution in [3.8, 4) is 0 Å². The summed E-state index contributed by atoms with van der Waals surface area (Å²) in [5.41, 5.74) is 0.0157. The summed E-state index contributed by atoms with van der Waals surface area (Å²) in [5, 5.41) is 4.18. The van der Waals surface area contributed by atoms with Gasteiger partial charge in [0, 0.05) is 26.3 Å². The van der Waals surface area contributed by atoms with E-state index in [9.17, 15) is 4.79 Å². The van der Waals surface area contributed by atoms with Crippen LogP contribution < -0.4 is 0 Å². The van der Waals surface area contributed by atoms with Gasteiger partial charge in [-0.25, -0.2) is 0 Å². The fraction of sp³-hybridized carbons (Fsp3) is 0.667. The number of carbonyl (C=O) groups excluding carboxylic acids is 1. The molecule has 0 N–H and O–H groups in total. The second-order valence-corrected chi connectivity index (χ2v) is 4.86. The van der Waals surface area contributed by atoms with Crippen molar-refractivity contribution >= 4 is 5.78 Å². The summed E-state index contributed by atoms with van der Waals surface area (Å²) in [5.74, 6) is 0.0694. The number of ether oxygens (including phenoxy) is 1. The number of hydrogen-bond acceptors (Lipinski definition) is 4. The Bertz CT molecular complexity index is 406. The highest BCUT2D eigenvalue weighted by Gasteiger charge is 2.36. The Morgan fingerprint density at radius 1 is 1.41 bits per heavy atom. The van der Waals surface area contributed by atoms with Crippen molar-refractivity contribution in [2.75, 3.05) is 26.3 Å². The van der Waals surface area contributed by atoms with Crippen molar-refractivity contribution in [1.29, 1.82) is 0 Å². The van der Waals surface area contributed by atoms with Gasteiger partial charge in [-0.2, -0.15) is 5.10 Å². The maximum absolute atomic E-state index is 12.4. The van der Waals surface area contributed by atoms with E-state index < -0.39 is 5.54 Å². The lowest BCUT2D eigenvalue weighted by Crippen LogP contribution is -2.54.